The topological polar surface area (TPSA) is 55.8 Å². The molecule has 144 valence electrons. The van der Waals surface area contributed by atoms with Crippen LogP contribution >= 0.6 is 24.0 Å². The van der Waals surface area contributed by atoms with Crippen LogP contribution in [0.25, 0.3) is 0 Å². The quantitative estimate of drug-likeness (QED) is 0.393. The molecule has 0 bridgehead atoms. The SMILES string of the molecule is CN=C(NCc1ccc(N2CCCC2)nc1)NC1CCN(C2CC2)C1.I. The van der Waals surface area contributed by atoms with E-state index in [2.05, 4.69) is 42.5 Å². The minimum atomic E-state index is 0. The number of anilines is 1. The number of aliphatic imine (C=N–C) groups is 1. The highest BCUT2D eigenvalue weighted by atomic mass is 127. The van der Waals surface area contributed by atoms with Gasteiger partial charge in [0.2, 0.25) is 0 Å². The van der Waals surface area contributed by atoms with Crippen LogP contribution in [0.2, 0.25) is 0 Å². The fraction of sp³-hybridized carbons (Fsp3) is 0.684. The first-order valence-electron chi connectivity index (χ1n) is 9.73. The van der Waals surface area contributed by atoms with Gasteiger partial charge in [0.15, 0.2) is 5.96 Å². The summed E-state index contributed by atoms with van der Waals surface area (Å²) >= 11 is 0. The Hall–Kier alpha value is -1.09. The highest BCUT2D eigenvalue weighted by Gasteiger charge is 2.34. The van der Waals surface area contributed by atoms with Gasteiger partial charge in [0, 0.05) is 58.1 Å². The summed E-state index contributed by atoms with van der Waals surface area (Å²) in [7, 11) is 1.84. The van der Waals surface area contributed by atoms with Crippen LogP contribution in [0, 0.1) is 0 Å². The first kappa shape index (κ1) is 19.7. The van der Waals surface area contributed by atoms with Gasteiger partial charge in [-0.1, -0.05) is 6.07 Å². The lowest BCUT2D eigenvalue weighted by Gasteiger charge is -2.19. The fourth-order valence-corrected chi connectivity index (χ4v) is 3.90. The average molecular weight is 470 g/mol. The van der Waals surface area contributed by atoms with Crippen molar-refractivity contribution in [3.05, 3.63) is 23.9 Å². The van der Waals surface area contributed by atoms with Gasteiger partial charge in [-0.05, 0) is 43.7 Å². The molecule has 6 nitrogen and oxygen atoms in total. The van der Waals surface area contributed by atoms with E-state index in [1.54, 1.807) is 0 Å². The van der Waals surface area contributed by atoms with Gasteiger partial charge < -0.3 is 15.5 Å². The Morgan fingerprint density at radius 2 is 2.00 bits per heavy atom. The lowest BCUT2D eigenvalue weighted by Crippen LogP contribution is -2.44. The van der Waals surface area contributed by atoms with Gasteiger partial charge >= 0.3 is 0 Å². The van der Waals surface area contributed by atoms with Gasteiger partial charge in [0.05, 0.1) is 0 Å². The zero-order valence-electron chi connectivity index (χ0n) is 15.7. The number of nitrogens with zero attached hydrogens (tertiary/aromatic N) is 4. The highest BCUT2D eigenvalue weighted by molar-refractivity contribution is 14.0. The molecule has 3 fully saturated rings. The van der Waals surface area contributed by atoms with Crippen LogP contribution in [-0.4, -0.2) is 61.2 Å². The van der Waals surface area contributed by atoms with Crippen molar-refractivity contribution < 1.29 is 0 Å². The normalized spacial score (nSPS) is 23.8. The Kier molecular flexibility index (Phi) is 6.97. The van der Waals surface area contributed by atoms with E-state index >= 15 is 0 Å². The first-order chi connectivity index (χ1) is 12.3. The number of guanidine groups is 1. The summed E-state index contributed by atoms with van der Waals surface area (Å²) in [5.74, 6) is 2.00. The molecule has 1 atom stereocenters. The summed E-state index contributed by atoms with van der Waals surface area (Å²) in [6.45, 7) is 5.41. The molecule has 3 aliphatic rings. The zero-order chi connectivity index (χ0) is 17.1. The van der Waals surface area contributed by atoms with Crippen LogP contribution in [0.4, 0.5) is 5.82 Å². The maximum atomic E-state index is 4.62. The zero-order valence-corrected chi connectivity index (χ0v) is 18.0. The van der Waals surface area contributed by atoms with Gasteiger partial charge in [-0.2, -0.15) is 0 Å². The van der Waals surface area contributed by atoms with E-state index in [0.717, 1.165) is 44.0 Å². The third-order valence-corrected chi connectivity index (χ3v) is 5.55. The van der Waals surface area contributed by atoms with E-state index in [4.69, 9.17) is 0 Å². The average Bonchev–Trinajstić information content (AvgIpc) is 3.16. The molecule has 0 radical (unpaired) electrons. The number of rotatable bonds is 5. The summed E-state index contributed by atoms with van der Waals surface area (Å²) in [5, 5.41) is 7.00. The van der Waals surface area contributed by atoms with Crippen molar-refractivity contribution in [2.75, 3.05) is 38.1 Å². The molecule has 2 saturated heterocycles. The number of hydrogen-bond donors (Lipinski definition) is 2. The Morgan fingerprint density at radius 3 is 2.65 bits per heavy atom. The minimum Gasteiger partial charge on any atom is -0.357 e. The summed E-state index contributed by atoms with van der Waals surface area (Å²) in [6, 6.07) is 5.69. The van der Waals surface area contributed by atoms with Crippen molar-refractivity contribution in [2.45, 2.75) is 50.7 Å². The largest absolute Gasteiger partial charge is 0.357 e. The van der Waals surface area contributed by atoms with Gasteiger partial charge in [0.1, 0.15) is 5.82 Å². The smallest absolute Gasteiger partial charge is 0.191 e. The van der Waals surface area contributed by atoms with Crippen LogP contribution in [0.3, 0.4) is 0 Å². The molecular weight excluding hydrogens is 439 g/mol. The molecule has 1 aromatic rings. The number of halogens is 1. The molecule has 1 saturated carbocycles. The van der Waals surface area contributed by atoms with Gasteiger partial charge in [-0.3, -0.25) is 9.89 Å². The third-order valence-electron chi connectivity index (χ3n) is 5.55. The summed E-state index contributed by atoms with van der Waals surface area (Å²) in [5.41, 5.74) is 1.19. The van der Waals surface area contributed by atoms with Gasteiger partial charge in [-0.25, -0.2) is 4.98 Å². The molecule has 7 heteroatoms. The number of nitrogens with one attached hydrogen (secondary N) is 2. The number of likely N-dealkylation sites (tertiary alicyclic amines) is 1. The Bertz CT molecular complexity index is 595. The molecule has 4 rings (SSSR count). The fourth-order valence-electron chi connectivity index (χ4n) is 3.90. The predicted octanol–water partition coefficient (Wildman–Crippen LogP) is 2.20. The standard InChI is InChI=1S/C19H30N6.HI/c1-20-19(23-16-8-11-25(14-16)17-5-6-17)22-13-15-4-7-18(21-12-15)24-9-2-3-10-24;/h4,7,12,16-17H,2-3,5-6,8-11,13-14H2,1H3,(H2,20,22,23);1H. The number of aromatic nitrogens is 1. The van der Waals surface area contributed by atoms with Crippen LogP contribution in [0.15, 0.2) is 23.3 Å². The van der Waals surface area contributed by atoms with Crippen LogP contribution in [0.5, 0.6) is 0 Å². The second-order valence-electron chi connectivity index (χ2n) is 7.50. The van der Waals surface area contributed by atoms with Crippen molar-refractivity contribution in [1.82, 2.24) is 20.5 Å². The maximum Gasteiger partial charge on any atom is 0.191 e. The van der Waals surface area contributed by atoms with E-state index in [1.165, 1.54) is 44.2 Å². The van der Waals surface area contributed by atoms with E-state index in [9.17, 15) is 0 Å². The summed E-state index contributed by atoms with van der Waals surface area (Å²) in [6.07, 6.45) is 8.54. The third kappa shape index (κ3) is 5.00. The van der Waals surface area contributed by atoms with Crippen molar-refractivity contribution in [3.8, 4) is 0 Å². The summed E-state index contributed by atoms with van der Waals surface area (Å²) < 4.78 is 0. The number of hydrogen-bond acceptors (Lipinski definition) is 4. The first-order valence-corrected chi connectivity index (χ1v) is 9.73. The highest BCUT2D eigenvalue weighted by Crippen LogP contribution is 2.29. The number of pyridine rings is 1. The van der Waals surface area contributed by atoms with E-state index in [1.807, 2.05) is 13.2 Å². The second kappa shape index (κ2) is 9.21. The lowest BCUT2D eigenvalue weighted by molar-refractivity contribution is 0.321. The monoisotopic (exact) mass is 470 g/mol. The predicted molar refractivity (Wildman–Crippen MR) is 117 cm³/mol. The molecule has 2 aliphatic heterocycles. The Labute approximate surface area is 173 Å². The second-order valence-corrected chi connectivity index (χ2v) is 7.50. The molecule has 3 heterocycles. The van der Waals surface area contributed by atoms with E-state index in [0.29, 0.717) is 6.04 Å². The van der Waals surface area contributed by atoms with Crippen LogP contribution in [-0.2, 0) is 6.54 Å². The Balaban J connectivity index is 0.00000196. The molecular formula is C19H31IN6. The molecule has 1 aromatic heterocycles. The van der Waals surface area contributed by atoms with Crippen molar-refractivity contribution in [2.24, 2.45) is 4.99 Å². The molecule has 1 unspecified atom stereocenters. The molecule has 2 N–H and O–H groups in total. The van der Waals surface area contributed by atoms with Gasteiger partial charge in [-0.15, -0.1) is 24.0 Å². The van der Waals surface area contributed by atoms with Gasteiger partial charge in [0.25, 0.3) is 0 Å². The van der Waals surface area contributed by atoms with Crippen molar-refractivity contribution >= 4 is 35.8 Å². The molecule has 0 spiro atoms. The van der Waals surface area contributed by atoms with Crippen molar-refractivity contribution in [3.63, 3.8) is 0 Å². The van der Waals surface area contributed by atoms with Crippen LogP contribution in [0.1, 0.15) is 37.7 Å². The summed E-state index contributed by atoms with van der Waals surface area (Å²) in [4.78, 5) is 14.0. The Morgan fingerprint density at radius 1 is 1.19 bits per heavy atom. The molecule has 0 amide bonds. The maximum absolute atomic E-state index is 4.62. The van der Waals surface area contributed by atoms with Crippen molar-refractivity contribution in [1.29, 1.82) is 0 Å². The van der Waals surface area contributed by atoms with E-state index in [-0.39, 0.29) is 24.0 Å². The minimum absolute atomic E-state index is 0. The van der Waals surface area contributed by atoms with Crippen LogP contribution < -0.4 is 15.5 Å². The molecule has 0 aromatic carbocycles. The molecule has 1 aliphatic carbocycles. The molecule has 26 heavy (non-hydrogen) atoms. The lowest BCUT2D eigenvalue weighted by atomic mass is 10.2. The van der Waals surface area contributed by atoms with E-state index < -0.39 is 0 Å².